The van der Waals surface area contributed by atoms with Crippen molar-refractivity contribution < 1.29 is 32.2 Å². The first-order valence-corrected chi connectivity index (χ1v) is 15.0. The minimum absolute atomic E-state index is 0.00746. The predicted octanol–water partition coefficient (Wildman–Crippen LogP) is 4.24. The summed E-state index contributed by atoms with van der Waals surface area (Å²) in [6.07, 6.45) is 0.712. The molecule has 10 nitrogen and oxygen atoms in total. The molecular formula is C31H39N3O7S. The number of rotatable bonds is 14. The molecule has 3 aromatic rings. The summed E-state index contributed by atoms with van der Waals surface area (Å²) in [6, 6.07) is 18.6. The normalized spacial score (nSPS) is 12.5. The van der Waals surface area contributed by atoms with E-state index in [1.165, 1.54) is 37.3 Å². The van der Waals surface area contributed by atoms with Gasteiger partial charge in [0.05, 0.1) is 31.9 Å². The lowest BCUT2D eigenvalue weighted by Crippen LogP contribution is -2.52. The van der Waals surface area contributed by atoms with Crippen LogP contribution in [0.1, 0.15) is 32.8 Å². The molecule has 0 saturated carbocycles. The van der Waals surface area contributed by atoms with Crippen LogP contribution in [0.15, 0.2) is 77.7 Å². The molecule has 3 rings (SSSR count). The Morgan fingerprint density at radius 3 is 2.05 bits per heavy atom. The molecule has 0 radical (unpaired) electrons. The van der Waals surface area contributed by atoms with Crippen molar-refractivity contribution in [2.45, 2.75) is 50.7 Å². The van der Waals surface area contributed by atoms with E-state index in [2.05, 4.69) is 5.32 Å². The Hall–Kier alpha value is -4.25. The largest absolute Gasteiger partial charge is 0.497 e. The van der Waals surface area contributed by atoms with E-state index in [9.17, 15) is 18.0 Å². The Bertz CT molecular complexity index is 1450. The Balaban J connectivity index is 2.09. The van der Waals surface area contributed by atoms with Crippen LogP contribution in [0, 0.1) is 0 Å². The highest BCUT2D eigenvalue weighted by molar-refractivity contribution is 7.92. The van der Waals surface area contributed by atoms with E-state index >= 15 is 0 Å². The van der Waals surface area contributed by atoms with Crippen LogP contribution in [0.5, 0.6) is 17.2 Å². The number of anilines is 1. The average Bonchev–Trinajstić information content (AvgIpc) is 3.02. The van der Waals surface area contributed by atoms with Crippen molar-refractivity contribution in [3.8, 4) is 17.2 Å². The van der Waals surface area contributed by atoms with Gasteiger partial charge in [-0.25, -0.2) is 8.42 Å². The van der Waals surface area contributed by atoms with E-state index < -0.39 is 28.5 Å². The molecular weight excluding hydrogens is 558 g/mol. The van der Waals surface area contributed by atoms with Gasteiger partial charge in [-0.3, -0.25) is 13.9 Å². The number of hydrogen-bond acceptors (Lipinski definition) is 7. The number of carbonyl (C=O) groups is 2. The standard InChI is InChI=1S/C31H39N3O7S/c1-7-22(2)32-31(36)23(3)33(20-24-13-15-25(39-4)16-14-24)30(35)21-34(42(37,38)27-11-9-8-10-12-27)28-19-26(40-5)17-18-29(28)41-6/h8-19,22-23H,7,20-21H2,1-6H3,(H,32,36)/t22-,23-/m0/s1. The number of ether oxygens (including phenoxy) is 3. The van der Waals surface area contributed by atoms with Gasteiger partial charge in [-0.05, 0) is 62.2 Å². The number of methoxy groups -OCH3 is 3. The minimum atomic E-state index is -4.26. The van der Waals surface area contributed by atoms with Gasteiger partial charge in [-0.15, -0.1) is 0 Å². The van der Waals surface area contributed by atoms with E-state index in [1.54, 1.807) is 68.6 Å². The predicted molar refractivity (Wildman–Crippen MR) is 161 cm³/mol. The Labute approximate surface area is 248 Å². The number of nitrogens with zero attached hydrogens (tertiary/aromatic N) is 2. The van der Waals surface area contributed by atoms with Gasteiger partial charge in [0.1, 0.15) is 29.8 Å². The topological polar surface area (TPSA) is 114 Å². The van der Waals surface area contributed by atoms with Crippen molar-refractivity contribution >= 4 is 27.5 Å². The monoisotopic (exact) mass is 597 g/mol. The molecule has 42 heavy (non-hydrogen) atoms. The highest BCUT2D eigenvalue weighted by Crippen LogP contribution is 2.36. The summed E-state index contributed by atoms with van der Waals surface area (Å²) in [5.74, 6) is 0.323. The van der Waals surface area contributed by atoms with Gasteiger partial charge in [-0.2, -0.15) is 0 Å². The first-order chi connectivity index (χ1) is 20.0. The van der Waals surface area contributed by atoms with Crippen molar-refractivity contribution in [3.05, 3.63) is 78.4 Å². The van der Waals surface area contributed by atoms with Crippen LogP contribution in [-0.4, -0.2) is 65.1 Å². The van der Waals surface area contributed by atoms with Crippen molar-refractivity contribution in [1.82, 2.24) is 10.2 Å². The van der Waals surface area contributed by atoms with Crippen LogP contribution < -0.4 is 23.8 Å². The molecule has 0 aromatic heterocycles. The molecule has 0 fully saturated rings. The van der Waals surface area contributed by atoms with E-state index in [1.807, 2.05) is 13.8 Å². The quantitative estimate of drug-likeness (QED) is 0.296. The average molecular weight is 598 g/mol. The fourth-order valence-electron chi connectivity index (χ4n) is 4.20. The molecule has 226 valence electrons. The number of benzene rings is 3. The van der Waals surface area contributed by atoms with Crippen LogP contribution in [0.2, 0.25) is 0 Å². The molecule has 0 bridgehead atoms. The third-order valence-electron chi connectivity index (χ3n) is 6.95. The molecule has 0 unspecified atom stereocenters. The summed E-state index contributed by atoms with van der Waals surface area (Å²) in [6.45, 7) is 4.92. The third-order valence-corrected chi connectivity index (χ3v) is 8.72. The fourth-order valence-corrected chi connectivity index (χ4v) is 5.64. The van der Waals surface area contributed by atoms with Crippen LogP contribution in [0.3, 0.4) is 0 Å². The molecule has 1 N–H and O–H groups in total. The van der Waals surface area contributed by atoms with Crippen molar-refractivity contribution in [2.24, 2.45) is 0 Å². The number of hydrogen-bond donors (Lipinski definition) is 1. The number of sulfonamides is 1. The molecule has 0 spiro atoms. The van der Waals surface area contributed by atoms with Crippen LogP contribution in [0.4, 0.5) is 5.69 Å². The number of nitrogens with one attached hydrogen (secondary N) is 1. The SMILES string of the molecule is CC[C@H](C)NC(=O)[C@H](C)N(Cc1ccc(OC)cc1)C(=O)CN(c1cc(OC)ccc1OC)S(=O)(=O)c1ccccc1. The van der Waals surface area contributed by atoms with Gasteiger partial charge in [0, 0.05) is 18.7 Å². The molecule has 2 atom stereocenters. The summed E-state index contributed by atoms with van der Waals surface area (Å²) in [5, 5.41) is 2.92. The first-order valence-electron chi connectivity index (χ1n) is 13.6. The maximum Gasteiger partial charge on any atom is 0.264 e. The molecule has 0 aliphatic heterocycles. The fraction of sp³-hybridized carbons (Fsp3) is 0.355. The van der Waals surface area contributed by atoms with Gasteiger partial charge in [0.2, 0.25) is 11.8 Å². The second-order valence-electron chi connectivity index (χ2n) is 9.73. The van der Waals surface area contributed by atoms with Gasteiger partial charge in [0.15, 0.2) is 0 Å². The summed E-state index contributed by atoms with van der Waals surface area (Å²) < 4.78 is 45.2. The van der Waals surface area contributed by atoms with E-state index in [4.69, 9.17) is 14.2 Å². The van der Waals surface area contributed by atoms with Crippen molar-refractivity contribution in [2.75, 3.05) is 32.2 Å². The number of amides is 2. The molecule has 2 amide bonds. The molecule has 0 heterocycles. The third kappa shape index (κ3) is 7.73. The lowest BCUT2D eigenvalue weighted by Gasteiger charge is -2.33. The zero-order valence-electron chi connectivity index (χ0n) is 24.9. The van der Waals surface area contributed by atoms with E-state index in [-0.39, 0.29) is 34.8 Å². The Morgan fingerprint density at radius 2 is 1.48 bits per heavy atom. The lowest BCUT2D eigenvalue weighted by molar-refractivity contribution is -0.139. The van der Waals surface area contributed by atoms with Crippen LogP contribution >= 0.6 is 0 Å². The van der Waals surface area contributed by atoms with E-state index in [0.717, 1.165) is 9.87 Å². The van der Waals surface area contributed by atoms with E-state index in [0.29, 0.717) is 17.9 Å². The van der Waals surface area contributed by atoms with Crippen LogP contribution in [-0.2, 0) is 26.2 Å². The summed E-state index contributed by atoms with van der Waals surface area (Å²) in [7, 11) is 0.172. The van der Waals surface area contributed by atoms with Gasteiger partial charge in [-0.1, -0.05) is 37.3 Å². The summed E-state index contributed by atoms with van der Waals surface area (Å²) >= 11 is 0. The highest BCUT2D eigenvalue weighted by Gasteiger charge is 2.34. The molecule has 0 saturated heterocycles. The second-order valence-corrected chi connectivity index (χ2v) is 11.6. The minimum Gasteiger partial charge on any atom is -0.497 e. The second kappa shape index (κ2) is 14.6. The smallest absolute Gasteiger partial charge is 0.264 e. The highest BCUT2D eigenvalue weighted by atomic mass is 32.2. The maximum atomic E-state index is 14.1. The first kappa shape index (κ1) is 32.3. The van der Waals surface area contributed by atoms with Crippen LogP contribution in [0.25, 0.3) is 0 Å². The van der Waals surface area contributed by atoms with Gasteiger partial charge < -0.3 is 24.4 Å². The lowest BCUT2D eigenvalue weighted by atomic mass is 10.1. The van der Waals surface area contributed by atoms with Crippen molar-refractivity contribution in [3.63, 3.8) is 0 Å². The molecule has 0 aliphatic carbocycles. The number of carbonyl (C=O) groups excluding carboxylic acids is 2. The Morgan fingerprint density at radius 1 is 0.857 bits per heavy atom. The maximum absolute atomic E-state index is 14.1. The summed E-state index contributed by atoms with van der Waals surface area (Å²) in [5.41, 5.74) is 0.860. The zero-order chi connectivity index (χ0) is 30.9. The molecule has 0 aliphatic rings. The van der Waals surface area contributed by atoms with Gasteiger partial charge in [0.25, 0.3) is 10.0 Å². The summed E-state index contributed by atoms with van der Waals surface area (Å²) in [4.78, 5) is 28.7. The molecule has 11 heteroatoms. The van der Waals surface area contributed by atoms with Gasteiger partial charge >= 0.3 is 0 Å². The molecule has 3 aromatic carbocycles. The zero-order valence-corrected chi connectivity index (χ0v) is 25.7. The van der Waals surface area contributed by atoms with Crippen molar-refractivity contribution in [1.29, 1.82) is 0 Å². The Kier molecular flexibility index (Phi) is 11.2.